The van der Waals surface area contributed by atoms with Gasteiger partial charge in [-0.25, -0.2) is 4.99 Å². The Kier molecular flexibility index (Phi) is 3.10. The monoisotopic (exact) mass is 362 g/mol. The summed E-state index contributed by atoms with van der Waals surface area (Å²) in [6.07, 6.45) is 0. The number of fused-ring (bicyclic) bond motifs is 1. The highest BCUT2D eigenvalue weighted by atomic mass is 127. The van der Waals surface area contributed by atoms with E-state index in [9.17, 15) is 4.79 Å². The first-order valence-corrected chi connectivity index (χ1v) is 6.98. The molecular formula is C15H11IN2O. The van der Waals surface area contributed by atoms with E-state index < -0.39 is 0 Å². The van der Waals surface area contributed by atoms with Crippen LogP contribution in [0.5, 0.6) is 0 Å². The molecule has 1 aliphatic heterocycles. The molecule has 0 saturated carbocycles. The fraction of sp³-hybridized carbons (Fsp3) is 0.0667. The van der Waals surface area contributed by atoms with E-state index in [2.05, 4.69) is 32.9 Å². The molecule has 0 saturated heterocycles. The number of hydrogen-bond donors (Lipinski definition) is 1. The third-order valence-electron chi connectivity index (χ3n) is 2.95. The van der Waals surface area contributed by atoms with Crippen molar-refractivity contribution in [2.24, 2.45) is 4.99 Å². The van der Waals surface area contributed by atoms with Crippen LogP contribution in [0.2, 0.25) is 0 Å². The molecule has 0 aromatic heterocycles. The van der Waals surface area contributed by atoms with Crippen LogP contribution in [0.25, 0.3) is 0 Å². The maximum Gasteiger partial charge on any atom is 0.230 e. The van der Waals surface area contributed by atoms with Gasteiger partial charge in [-0.2, -0.15) is 0 Å². The van der Waals surface area contributed by atoms with Gasteiger partial charge in [0.2, 0.25) is 5.78 Å². The quantitative estimate of drug-likeness (QED) is 0.781. The van der Waals surface area contributed by atoms with Gasteiger partial charge >= 0.3 is 0 Å². The predicted octanol–water partition coefficient (Wildman–Crippen LogP) is 3.94. The van der Waals surface area contributed by atoms with Crippen molar-refractivity contribution >= 4 is 45.6 Å². The molecule has 3 nitrogen and oxygen atoms in total. The molecule has 0 radical (unpaired) electrons. The molecule has 19 heavy (non-hydrogen) atoms. The number of aliphatic imine (C=N–C) groups is 1. The van der Waals surface area contributed by atoms with Gasteiger partial charge in [-0.15, -0.1) is 0 Å². The molecule has 94 valence electrons. The first-order valence-electron chi connectivity index (χ1n) is 5.90. The lowest BCUT2D eigenvalue weighted by Crippen LogP contribution is -2.19. The van der Waals surface area contributed by atoms with E-state index in [0.717, 1.165) is 20.5 Å². The van der Waals surface area contributed by atoms with Crippen molar-refractivity contribution < 1.29 is 4.79 Å². The molecule has 3 rings (SSSR count). The van der Waals surface area contributed by atoms with Gasteiger partial charge in [0.15, 0.2) is 5.84 Å². The molecule has 4 heteroatoms. The number of nitrogens with zero attached hydrogens (tertiary/aromatic N) is 1. The summed E-state index contributed by atoms with van der Waals surface area (Å²) < 4.78 is 1.15. The summed E-state index contributed by atoms with van der Waals surface area (Å²) in [6, 6.07) is 13.6. The second-order valence-corrected chi connectivity index (χ2v) is 5.69. The zero-order valence-corrected chi connectivity index (χ0v) is 12.4. The van der Waals surface area contributed by atoms with E-state index in [1.54, 1.807) is 0 Å². The summed E-state index contributed by atoms with van der Waals surface area (Å²) in [4.78, 5) is 16.6. The summed E-state index contributed by atoms with van der Waals surface area (Å²) in [5.41, 5.74) is 3.35. The number of hydrogen-bond acceptors (Lipinski definition) is 3. The molecule has 1 heterocycles. The number of nitrogens with one attached hydrogen (secondary N) is 1. The van der Waals surface area contributed by atoms with Gasteiger partial charge in [0.05, 0.1) is 11.3 Å². The number of carbonyl (C=O) groups excluding carboxylic acids is 1. The molecule has 2 aromatic carbocycles. The lowest BCUT2D eigenvalue weighted by molar-refractivity contribution is 0.106. The lowest BCUT2D eigenvalue weighted by Gasteiger charge is -2.04. The summed E-state index contributed by atoms with van der Waals surface area (Å²) in [7, 11) is 0. The number of carbonyl (C=O) groups is 1. The number of rotatable bonds is 1. The minimum Gasteiger partial charge on any atom is -0.337 e. The van der Waals surface area contributed by atoms with Crippen LogP contribution in [-0.2, 0) is 0 Å². The van der Waals surface area contributed by atoms with Crippen LogP contribution >= 0.6 is 22.6 Å². The van der Waals surface area contributed by atoms with Crippen LogP contribution in [0.1, 0.15) is 15.9 Å². The molecule has 0 amide bonds. The van der Waals surface area contributed by atoms with Crippen LogP contribution < -0.4 is 5.32 Å². The molecule has 0 bridgehead atoms. The Labute approximate surface area is 124 Å². The number of Topliss-reactive ketones (excluding diaryl/α,β-unsaturated/α-hetero) is 1. The van der Waals surface area contributed by atoms with Gasteiger partial charge in [0, 0.05) is 9.26 Å². The van der Waals surface area contributed by atoms with Crippen LogP contribution in [0, 0.1) is 10.5 Å². The Morgan fingerprint density at radius 3 is 2.58 bits per heavy atom. The second kappa shape index (κ2) is 4.77. The normalized spacial score (nSPS) is 13.2. The van der Waals surface area contributed by atoms with E-state index in [1.165, 1.54) is 0 Å². The van der Waals surface area contributed by atoms with Crippen molar-refractivity contribution in [1.29, 1.82) is 0 Å². The molecular weight excluding hydrogens is 351 g/mol. The molecule has 0 atom stereocenters. The van der Waals surface area contributed by atoms with Gasteiger partial charge in [0.25, 0.3) is 0 Å². The number of halogens is 1. The maximum absolute atomic E-state index is 12.2. The molecule has 1 aliphatic rings. The minimum absolute atomic E-state index is 0.0442. The van der Waals surface area contributed by atoms with Crippen molar-refractivity contribution in [3.63, 3.8) is 0 Å². The molecule has 0 fully saturated rings. The van der Waals surface area contributed by atoms with E-state index in [4.69, 9.17) is 0 Å². The average molecular weight is 362 g/mol. The SMILES string of the molecule is Cc1ccc2c(c1)C(=O)C(Nc1ccc(I)cc1)=N2. The largest absolute Gasteiger partial charge is 0.337 e. The van der Waals surface area contributed by atoms with Crippen molar-refractivity contribution in [1.82, 2.24) is 0 Å². The zero-order chi connectivity index (χ0) is 13.4. The van der Waals surface area contributed by atoms with E-state index in [1.807, 2.05) is 49.4 Å². The Balaban J connectivity index is 1.89. The predicted molar refractivity (Wildman–Crippen MR) is 85.4 cm³/mol. The fourth-order valence-corrected chi connectivity index (χ4v) is 2.34. The standard InChI is InChI=1S/C15H11IN2O/c1-9-2-7-13-12(8-9)14(19)15(18-13)17-11-5-3-10(16)4-6-11/h2-8H,1H3,(H,17,18,19). The average Bonchev–Trinajstić information content (AvgIpc) is 2.70. The maximum atomic E-state index is 12.2. The first kappa shape index (κ1) is 12.3. The molecule has 0 unspecified atom stereocenters. The van der Waals surface area contributed by atoms with Crippen LogP contribution in [0.4, 0.5) is 11.4 Å². The van der Waals surface area contributed by atoms with Crippen LogP contribution in [0.15, 0.2) is 47.5 Å². The van der Waals surface area contributed by atoms with Crippen LogP contribution in [0.3, 0.4) is 0 Å². The topological polar surface area (TPSA) is 41.5 Å². The van der Waals surface area contributed by atoms with E-state index in [-0.39, 0.29) is 5.78 Å². The summed E-state index contributed by atoms with van der Waals surface area (Å²) in [6.45, 7) is 1.97. The van der Waals surface area contributed by atoms with Crippen LogP contribution in [-0.4, -0.2) is 11.6 Å². The van der Waals surface area contributed by atoms with Crippen molar-refractivity contribution in [3.8, 4) is 0 Å². The Hall–Kier alpha value is -1.69. The number of benzene rings is 2. The van der Waals surface area contributed by atoms with Gasteiger partial charge in [0.1, 0.15) is 0 Å². The Morgan fingerprint density at radius 2 is 1.84 bits per heavy atom. The fourth-order valence-electron chi connectivity index (χ4n) is 1.98. The Morgan fingerprint density at radius 1 is 1.11 bits per heavy atom. The van der Waals surface area contributed by atoms with Gasteiger partial charge in [-0.1, -0.05) is 11.6 Å². The molecule has 0 spiro atoms. The number of ketones is 1. The Bertz CT molecular complexity index is 690. The minimum atomic E-state index is -0.0442. The first-order chi connectivity index (χ1) is 9.13. The third kappa shape index (κ3) is 2.40. The zero-order valence-electron chi connectivity index (χ0n) is 10.3. The smallest absolute Gasteiger partial charge is 0.230 e. The van der Waals surface area contributed by atoms with Crippen molar-refractivity contribution in [2.75, 3.05) is 5.32 Å². The van der Waals surface area contributed by atoms with Crippen molar-refractivity contribution in [2.45, 2.75) is 6.92 Å². The van der Waals surface area contributed by atoms with Gasteiger partial charge in [-0.3, -0.25) is 4.79 Å². The number of amidine groups is 1. The van der Waals surface area contributed by atoms with Gasteiger partial charge in [-0.05, 0) is 65.9 Å². The number of anilines is 1. The highest BCUT2D eigenvalue weighted by molar-refractivity contribution is 14.1. The number of aryl methyl sites for hydroxylation is 1. The molecule has 0 aliphatic carbocycles. The third-order valence-corrected chi connectivity index (χ3v) is 3.67. The van der Waals surface area contributed by atoms with Gasteiger partial charge < -0.3 is 5.32 Å². The van der Waals surface area contributed by atoms with Crippen molar-refractivity contribution in [3.05, 3.63) is 57.2 Å². The lowest BCUT2D eigenvalue weighted by atomic mass is 10.1. The summed E-state index contributed by atoms with van der Waals surface area (Å²) >= 11 is 2.24. The molecule has 2 aromatic rings. The van der Waals surface area contributed by atoms with E-state index in [0.29, 0.717) is 11.4 Å². The highest BCUT2D eigenvalue weighted by Crippen LogP contribution is 2.28. The van der Waals surface area contributed by atoms with E-state index >= 15 is 0 Å². The summed E-state index contributed by atoms with van der Waals surface area (Å²) in [5, 5.41) is 3.08. The molecule has 1 N–H and O–H groups in total. The summed E-state index contributed by atoms with van der Waals surface area (Å²) in [5.74, 6) is 0.346. The second-order valence-electron chi connectivity index (χ2n) is 4.44. The highest BCUT2D eigenvalue weighted by Gasteiger charge is 2.24.